The van der Waals surface area contributed by atoms with Gasteiger partial charge >= 0.3 is 0 Å². The molecule has 5 heteroatoms. The van der Waals surface area contributed by atoms with Crippen LogP contribution in [0.1, 0.15) is 43.7 Å². The van der Waals surface area contributed by atoms with Gasteiger partial charge in [-0.25, -0.2) is 0 Å². The molecule has 1 fully saturated rings. The van der Waals surface area contributed by atoms with Crippen LogP contribution in [0.15, 0.2) is 6.07 Å². The number of rotatable bonds is 7. The second kappa shape index (κ2) is 6.24. The Hall–Kier alpha value is -0.910. The van der Waals surface area contributed by atoms with E-state index in [4.69, 9.17) is 4.74 Å². The lowest BCUT2D eigenvalue weighted by atomic mass is 10.1. The van der Waals surface area contributed by atoms with Crippen LogP contribution in [0.2, 0.25) is 0 Å². The van der Waals surface area contributed by atoms with Crippen molar-refractivity contribution in [2.75, 3.05) is 26.3 Å². The standard InChI is InChI=1S/C15H25N3O2/c1-2-8-20-9-7-17-5-6-18-13(11-17)10-14(16-18)15(19)12-3-4-12/h10,12,15,19H,2-9,11H2,1H3. The number of aliphatic hydroxyl groups excluding tert-OH is 1. The highest BCUT2D eigenvalue weighted by Crippen LogP contribution is 2.40. The van der Waals surface area contributed by atoms with Crippen LogP contribution in [-0.2, 0) is 17.8 Å². The Bertz CT molecular complexity index is 442. The Labute approximate surface area is 120 Å². The van der Waals surface area contributed by atoms with Gasteiger partial charge < -0.3 is 9.84 Å². The lowest BCUT2D eigenvalue weighted by Crippen LogP contribution is -2.36. The van der Waals surface area contributed by atoms with Crippen molar-refractivity contribution in [2.45, 2.75) is 45.4 Å². The monoisotopic (exact) mass is 279 g/mol. The van der Waals surface area contributed by atoms with Crippen molar-refractivity contribution < 1.29 is 9.84 Å². The third kappa shape index (κ3) is 3.22. The second-order valence-electron chi connectivity index (χ2n) is 5.95. The van der Waals surface area contributed by atoms with E-state index in [0.717, 1.165) is 64.3 Å². The van der Waals surface area contributed by atoms with E-state index < -0.39 is 0 Å². The van der Waals surface area contributed by atoms with Gasteiger partial charge in [-0.2, -0.15) is 5.10 Å². The van der Waals surface area contributed by atoms with Crippen LogP contribution in [0.3, 0.4) is 0 Å². The first kappa shape index (κ1) is 14.0. The molecule has 2 heterocycles. The van der Waals surface area contributed by atoms with Gasteiger partial charge in [0.05, 0.1) is 24.5 Å². The highest BCUT2D eigenvalue weighted by Gasteiger charge is 2.33. The molecule has 1 saturated carbocycles. The summed E-state index contributed by atoms with van der Waals surface area (Å²) in [6.45, 7) is 7.62. The van der Waals surface area contributed by atoms with Crippen molar-refractivity contribution in [1.29, 1.82) is 0 Å². The molecule has 3 rings (SSSR count). The highest BCUT2D eigenvalue weighted by atomic mass is 16.5. The number of hydrogen-bond acceptors (Lipinski definition) is 4. The van der Waals surface area contributed by atoms with Crippen molar-refractivity contribution in [1.82, 2.24) is 14.7 Å². The van der Waals surface area contributed by atoms with Gasteiger partial charge in [0.25, 0.3) is 0 Å². The first-order chi connectivity index (χ1) is 9.78. The van der Waals surface area contributed by atoms with E-state index in [1.165, 1.54) is 5.69 Å². The Morgan fingerprint density at radius 1 is 1.40 bits per heavy atom. The van der Waals surface area contributed by atoms with Gasteiger partial charge in [-0.3, -0.25) is 9.58 Å². The Morgan fingerprint density at radius 3 is 3.00 bits per heavy atom. The van der Waals surface area contributed by atoms with Crippen LogP contribution in [-0.4, -0.2) is 46.1 Å². The van der Waals surface area contributed by atoms with Gasteiger partial charge in [0, 0.05) is 26.2 Å². The Kier molecular flexibility index (Phi) is 4.38. The van der Waals surface area contributed by atoms with Crippen LogP contribution in [0, 0.1) is 5.92 Å². The van der Waals surface area contributed by atoms with Crippen molar-refractivity contribution in [3.63, 3.8) is 0 Å². The number of aromatic nitrogens is 2. The summed E-state index contributed by atoms with van der Waals surface area (Å²) in [5.74, 6) is 0.450. The lowest BCUT2D eigenvalue weighted by Gasteiger charge is -2.27. The van der Waals surface area contributed by atoms with Gasteiger partial charge in [0.1, 0.15) is 6.10 Å². The van der Waals surface area contributed by atoms with Crippen LogP contribution < -0.4 is 0 Å². The van der Waals surface area contributed by atoms with Gasteiger partial charge in [0.15, 0.2) is 0 Å². The quantitative estimate of drug-likeness (QED) is 0.770. The molecular weight excluding hydrogens is 254 g/mol. The minimum atomic E-state index is -0.352. The van der Waals surface area contributed by atoms with E-state index in [2.05, 4.69) is 27.7 Å². The molecule has 0 aromatic carbocycles. The van der Waals surface area contributed by atoms with Crippen molar-refractivity contribution >= 4 is 0 Å². The van der Waals surface area contributed by atoms with Gasteiger partial charge in [-0.15, -0.1) is 0 Å². The number of ether oxygens (including phenoxy) is 1. The average molecular weight is 279 g/mol. The third-order valence-electron chi connectivity index (χ3n) is 4.17. The fraction of sp³-hybridized carbons (Fsp3) is 0.800. The molecule has 5 nitrogen and oxygen atoms in total. The van der Waals surface area contributed by atoms with Crippen LogP contribution in [0.4, 0.5) is 0 Å². The average Bonchev–Trinajstić information content (AvgIpc) is 3.22. The summed E-state index contributed by atoms with van der Waals surface area (Å²) in [5, 5.41) is 14.7. The minimum Gasteiger partial charge on any atom is -0.386 e. The summed E-state index contributed by atoms with van der Waals surface area (Å²) in [5.41, 5.74) is 2.09. The number of hydrogen-bond donors (Lipinski definition) is 1. The summed E-state index contributed by atoms with van der Waals surface area (Å²) >= 11 is 0. The van der Waals surface area contributed by atoms with E-state index in [9.17, 15) is 5.11 Å². The Morgan fingerprint density at radius 2 is 2.25 bits per heavy atom. The van der Waals surface area contributed by atoms with E-state index in [1.54, 1.807) is 0 Å². The lowest BCUT2D eigenvalue weighted by molar-refractivity contribution is 0.0929. The summed E-state index contributed by atoms with van der Waals surface area (Å²) in [4.78, 5) is 2.40. The molecule has 0 radical (unpaired) electrons. The van der Waals surface area contributed by atoms with E-state index in [0.29, 0.717) is 5.92 Å². The molecule has 112 valence electrons. The van der Waals surface area contributed by atoms with Crippen molar-refractivity contribution in [2.24, 2.45) is 5.92 Å². The smallest absolute Gasteiger partial charge is 0.101 e. The highest BCUT2D eigenvalue weighted by molar-refractivity contribution is 5.16. The molecule has 1 aromatic rings. The van der Waals surface area contributed by atoms with Crippen LogP contribution in [0.5, 0.6) is 0 Å². The molecule has 1 aliphatic heterocycles. The van der Waals surface area contributed by atoms with E-state index >= 15 is 0 Å². The van der Waals surface area contributed by atoms with E-state index in [-0.39, 0.29) is 6.10 Å². The van der Waals surface area contributed by atoms with Crippen molar-refractivity contribution in [3.8, 4) is 0 Å². The number of nitrogens with zero attached hydrogens (tertiary/aromatic N) is 3. The van der Waals surface area contributed by atoms with Gasteiger partial charge in [-0.1, -0.05) is 6.92 Å². The SMILES string of the molecule is CCCOCCN1CCn2nc(C(O)C3CC3)cc2C1. The van der Waals surface area contributed by atoms with Gasteiger partial charge in [0.2, 0.25) is 0 Å². The van der Waals surface area contributed by atoms with Gasteiger partial charge in [-0.05, 0) is 31.2 Å². The van der Waals surface area contributed by atoms with Crippen molar-refractivity contribution in [3.05, 3.63) is 17.5 Å². The summed E-state index contributed by atoms with van der Waals surface area (Å²) in [7, 11) is 0. The molecule has 20 heavy (non-hydrogen) atoms. The topological polar surface area (TPSA) is 50.5 Å². The molecule has 1 N–H and O–H groups in total. The first-order valence-electron chi connectivity index (χ1n) is 7.82. The van der Waals surface area contributed by atoms with E-state index in [1.807, 2.05) is 0 Å². The zero-order valence-electron chi connectivity index (χ0n) is 12.3. The van der Waals surface area contributed by atoms with Crippen LogP contribution >= 0.6 is 0 Å². The minimum absolute atomic E-state index is 0.352. The molecule has 1 aliphatic carbocycles. The summed E-state index contributed by atoms with van der Waals surface area (Å²) in [6.07, 6.45) is 3.01. The maximum Gasteiger partial charge on any atom is 0.101 e. The molecule has 0 bridgehead atoms. The number of fused-ring (bicyclic) bond motifs is 1. The molecule has 0 saturated heterocycles. The maximum atomic E-state index is 10.2. The van der Waals surface area contributed by atoms with Crippen LogP contribution in [0.25, 0.3) is 0 Å². The molecule has 2 aliphatic rings. The molecule has 0 amide bonds. The zero-order chi connectivity index (χ0) is 13.9. The first-order valence-corrected chi connectivity index (χ1v) is 7.82. The maximum absolute atomic E-state index is 10.2. The molecule has 0 spiro atoms. The zero-order valence-corrected chi connectivity index (χ0v) is 12.3. The summed E-state index contributed by atoms with van der Waals surface area (Å²) in [6, 6.07) is 2.09. The largest absolute Gasteiger partial charge is 0.386 e. The molecule has 1 atom stereocenters. The molecule has 1 unspecified atom stereocenters. The molecular formula is C15H25N3O2. The normalized spacial score (nSPS) is 20.9. The number of aliphatic hydroxyl groups is 1. The fourth-order valence-corrected chi connectivity index (χ4v) is 2.77. The fourth-order valence-electron chi connectivity index (χ4n) is 2.77. The predicted molar refractivity (Wildman–Crippen MR) is 76.3 cm³/mol. The predicted octanol–water partition coefficient (Wildman–Crippen LogP) is 1.57. The third-order valence-corrected chi connectivity index (χ3v) is 4.17. The summed E-state index contributed by atoms with van der Waals surface area (Å²) < 4.78 is 7.61. The Balaban J connectivity index is 1.54. The second-order valence-corrected chi connectivity index (χ2v) is 5.95. The molecule has 1 aromatic heterocycles.